The van der Waals surface area contributed by atoms with E-state index in [2.05, 4.69) is 31.1 Å². The Labute approximate surface area is 102 Å². The Balaban J connectivity index is 1.86. The van der Waals surface area contributed by atoms with Crippen molar-refractivity contribution in [3.8, 4) is 0 Å². The molecule has 1 amide bonds. The van der Waals surface area contributed by atoms with Gasteiger partial charge in [-0.1, -0.05) is 0 Å². The largest absolute Gasteiger partial charge is 0.335 e. The van der Waals surface area contributed by atoms with Crippen LogP contribution in [0.25, 0.3) is 0 Å². The van der Waals surface area contributed by atoms with Crippen LogP contribution in [0.4, 0.5) is 0 Å². The van der Waals surface area contributed by atoms with Crippen LogP contribution in [0.15, 0.2) is 24.5 Å². The number of carbonyl (C=O) groups excluding carboxylic acids is 1. The molecule has 4 nitrogen and oxygen atoms in total. The fraction of sp³-hybridized carbons (Fsp3) is 0.538. The van der Waals surface area contributed by atoms with Crippen molar-refractivity contribution in [3.05, 3.63) is 30.1 Å². The minimum atomic E-state index is 0.0741. The first-order chi connectivity index (χ1) is 7.96. The van der Waals surface area contributed by atoms with Crippen molar-refractivity contribution in [3.63, 3.8) is 0 Å². The molecule has 1 aromatic rings. The van der Waals surface area contributed by atoms with Gasteiger partial charge in [-0.15, -0.1) is 0 Å². The van der Waals surface area contributed by atoms with E-state index in [4.69, 9.17) is 0 Å². The van der Waals surface area contributed by atoms with E-state index in [1.807, 2.05) is 4.90 Å². The quantitative estimate of drug-likeness (QED) is 0.837. The van der Waals surface area contributed by atoms with Gasteiger partial charge in [0.2, 0.25) is 0 Å². The molecule has 17 heavy (non-hydrogen) atoms. The number of carbonyl (C=O) groups is 1. The van der Waals surface area contributed by atoms with Gasteiger partial charge in [0.15, 0.2) is 0 Å². The van der Waals surface area contributed by atoms with Crippen LogP contribution >= 0.6 is 0 Å². The second kappa shape index (κ2) is 4.45. The summed E-state index contributed by atoms with van der Waals surface area (Å²) in [5.41, 5.74) is 0.774. The van der Waals surface area contributed by atoms with Gasteiger partial charge in [-0.05, 0) is 32.9 Å². The molecule has 0 aliphatic carbocycles. The highest BCUT2D eigenvalue weighted by Gasteiger charge is 2.33. The van der Waals surface area contributed by atoms with Crippen LogP contribution in [-0.2, 0) is 0 Å². The normalized spacial score (nSPS) is 16.8. The van der Waals surface area contributed by atoms with Gasteiger partial charge in [-0.25, -0.2) is 0 Å². The number of likely N-dealkylation sites (tertiary alicyclic amines) is 1. The van der Waals surface area contributed by atoms with Gasteiger partial charge in [-0.3, -0.25) is 9.78 Å². The van der Waals surface area contributed by atoms with Crippen LogP contribution in [0.2, 0.25) is 0 Å². The van der Waals surface area contributed by atoms with E-state index in [-0.39, 0.29) is 11.4 Å². The lowest BCUT2D eigenvalue weighted by atomic mass is 10.0. The lowest BCUT2D eigenvalue weighted by Gasteiger charge is -2.43. The maximum Gasteiger partial charge on any atom is 0.255 e. The second-order valence-corrected chi connectivity index (χ2v) is 5.54. The number of nitrogens with zero attached hydrogens (tertiary/aromatic N) is 2. The molecular weight excluding hydrogens is 214 g/mol. The summed E-state index contributed by atoms with van der Waals surface area (Å²) in [6, 6.07) is 4.01. The molecule has 2 heterocycles. The molecular formula is C13H19N3O. The molecule has 1 saturated heterocycles. The zero-order valence-electron chi connectivity index (χ0n) is 10.6. The molecule has 0 bridgehead atoms. The number of rotatable bonds is 2. The van der Waals surface area contributed by atoms with Crippen LogP contribution < -0.4 is 5.32 Å². The monoisotopic (exact) mass is 233 g/mol. The summed E-state index contributed by atoms with van der Waals surface area (Å²) in [7, 11) is 0. The molecule has 1 aromatic heterocycles. The Kier molecular flexibility index (Phi) is 3.15. The van der Waals surface area contributed by atoms with Gasteiger partial charge in [0.05, 0.1) is 5.56 Å². The zero-order valence-corrected chi connectivity index (χ0v) is 10.6. The molecule has 0 aromatic carbocycles. The lowest BCUT2D eigenvalue weighted by Crippen LogP contribution is -2.63. The Morgan fingerprint density at radius 1 is 1.47 bits per heavy atom. The van der Waals surface area contributed by atoms with Crippen molar-refractivity contribution in [2.45, 2.75) is 32.4 Å². The summed E-state index contributed by atoms with van der Waals surface area (Å²) in [5.74, 6) is 0.0741. The number of amides is 1. The van der Waals surface area contributed by atoms with Gasteiger partial charge in [-0.2, -0.15) is 0 Å². The Hall–Kier alpha value is -1.42. The number of nitrogens with one attached hydrogen (secondary N) is 1. The number of aromatic nitrogens is 1. The summed E-state index contributed by atoms with van der Waals surface area (Å²) >= 11 is 0. The Morgan fingerprint density at radius 3 is 2.71 bits per heavy atom. The molecule has 1 aliphatic rings. The highest BCUT2D eigenvalue weighted by atomic mass is 16.2. The van der Waals surface area contributed by atoms with Crippen LogP contribution in [0.1, 0.15) is 31.1 Å². The summed E-state index contributed by atoms with van der Waals surface area (Å²) in [6.45, 7) is 7.98. The average Bonchev–Trinajstić information content (AvgIpc) is 2.22. The molecule has 0 radical (unpaired) electrons. The van der Waals surface area contributed by atoms with E-state index in [1.54, 1.807) is 24.5 Å². The van der Waals surface area contributed by atoms with E-state index < -0.39 is 0 Å². The number of hydrogen-bond donors (Lipinski definition) is 1. The first kappa shape index (κ1) is 12.0. The van der Waals surface area contributed by atoms with Crippen molar-refractivity contribution >= 4 is 5.91 Å². The second-order valence-electron chi connectivity index (χ2n) is 5.54. The van der Waals surface area contributed by atoms with E-state index >= 15 is 0 Å². The predicted molar refractivity (Wildman–Crippen MR) is 66.8 cm³/mol. The average molecular weight is 233 g/mol. The Morgan fingerprint density at radius 2 is 2.18 bits per heavy atom. The topological polar surface area (TPSA) is 45.2 Å². The summed E-state index contributed by atoms with van der Waals surface area (Å²) in [4.78, 5) is 17.8. The molecule has 92 valence electrons. The lowest BCUT2D eigenvalue weighted by molar-refractivity contribution is 0.0532. The molecule has 0 spiro atoms. The van der Waals surface area contributed by atoms with Gasteiger partial charge in [0.25, 0.3) is 5.91 Å². The van der Waals surface area contributed by atoms with Gasteiger partial charge < -0.3 is 10.2 Å². The van der Waals surface area contributed by atoms with E-state index in [1.165, 1.54) is 0 Å². The molecule has 4 heteroatoms. The predicted octanol–water partition coefficient (Wildman–Crippen LogP) is 1.29. The minimum Gasteiger partial charge on any atom is -0.335 e. The third-order valence-corrected chi connectivity index (χ3v) is 2.71. The highest BCUT2D eigenvalue weighted by molar-refractivity contribution is 5.94. The molecule has 0 saturated carbocycles. The minimum absolute atomic E-state index is 0.0741. The SMILES string of the molecule is CC(C)(C)NC1CN(C(=O)c2cccnc2)C1. The molecule has 0 unspecified atom stereocenters. The third kappa shape index (κ3) is 3.03. The fourth-order valence-corrected chi connectivity index (χ4v) is 2.02. The van der Waals surface area contributed by atoms with Crippen molar-refractivity contribution in [2.24, 2.45) is 0 Å². The van der Waals surface area contributed by atoms with Gasteiger partial charge in [0, 0.05) is 37.1 Å². The zero-order chi connectivity index (χ0) is 12.5. The van der Waals surface area contributed by atoms with Crippen molar-refractivity contribution in [2.75, 3.05) is 13.1 Å². The molecule has 1 fully saturated rings. The molecule has 2 rings (SSSR count). The Bertz CT molecular complexity index is 391. The summed E-state index contributed by atoms with van der Waals surface area (Å²) < 4.78 is 0. The molecule has 0 atom stereocenters. The van der Waals surface area contributed by atoms with Crippen LogP contribution in [0.5, 0.6) is 0 Å². The van der Waals surface area contributed by atoms with Crippen molar-refractivity contribution in [1.29, 1.82) is 0 Å². The van der Waals surface area contributed by atoms with Crippen molar-refractivity contribution in [1.82, 2.24) is 15.2 Å². The fourth-order valence-electron chi connectivity index (χ4n) is 2.02. The smallest absolute Gasteiger partial charge is 0.255 e. The number of hydrogen-bond acceptors (Lipinski definition) is 3. The molecule has 1 N–H and O–H groups in total. The maximum atomic E-state index is 12.0. The first-order valence-electron chi connectivity index (χ1n) is 5.93. The third-order valence-electron chi connectivity index (χ3n) is 2.71. The van der Waals surface area contributed by atoms with Crippen LogP contribution in [0.3, 0.4) is 0 Å². The number of pyridine rings is 1. The van der Waals surface area contributed by atoms with Gasteiger partial charge in [0.1, 0.15) is 0 Å². The summed E-state index contributed by atoms with van der Waals surface area (Å²) in [6.07, 6.45) is 3.30. The van der Waals surface area contributed by atoms with E-state index in [0.29, 0.717) is 11.6 Å². The van der Waals surface area contributed by atoms with Crippen LogP contribution in [0, 0.1) is 0 Å². The highest BCUT2D eigenvalue weighted by Crippen LogP contribution is 2.15. The van der Waals surface area contributed by atoms with Gasteiger partial charge >= 0.3 is 0 Å². The summed E-state index contributed by atoms with van der Waals surface area (Å²) in [5, 5.41) is 3.48. The van der Waals surface area contributed by atoms with Crippen LogP contribution in [-0.4, -0.2) is 40.5 Å². The first-order valence-corrected chi connectivity index (χ1v) is 5.93. The molecule has 1 aliphatic heterocycles. The van der Waals surface area contributed by atoms with E-state index in [0.717, 1.165) is 13.1 Å². The standard InChI is InChI=1S/C13H19N3O/c1-13(2,3)15-11-8-16(9-11)12(17)10-5-4-6-14-7-10/h4-7,11,15H,8-9H2,1-3H3. The maximum absolute atomic E-state index is 12.0. The van der Waals surface area contributed by atoms with Crippen molar-refractivity contribution < 1.29 is 4.79 Å². The van der Waals surface area contributed by atoms with E-state index in [9.17, 15) is 4.79 Å².